The minimum Gasteiger partial charge on any atom is -0.357 e. The molecule has 0 unspecified atom stereocenters. The molecule has 0 spiro atoms. The van der Waals surface area contributed by atoms with E-state index in [1.165, 1.54) is 19.3 Å². The second-order valence-electron chi connectivity index (χ2n) is 5.51. The fraction of sp³-hybridized carbons (Fsp3) is 0.312. The smallest absolute Gasteiger partial charge is 0.261 e. The topological polar surface area (TPSA) is 62.3 Å². The molecular weight excluding hydrogens is 378 g/mol. The summed E-state index contributed by atoms with van der Waals surface area (Å²) in [6.45, 7) is 2.02. The average molecular weight is 396 g/mol. The molecule has 1 saturated heterocycles. The van der Waals surface area contributed by atoms with Gasteiger partial charge < -0.3 is 4.90 Å². The number of sulfonamides is 1. The van der Waals surface area contributed by atoms with Crippen molar-refractivity contribution in [2.45, 2.75) is 24.2 Å². The van der Waals surface area contributed by atoms with Gasteiger partial charge in [-0.2, -0.15) is 0 Å². The van der Waals surface area contributed by atoms with Gasteiger partial charge in [0.15, 0.2) is 0 Å². The Morgan fingerprint density at radius 3 is 2.30 bits per heavy atom. The molecule has 2 aromatic rings. The van der Waals surface area contributed by atoms with E-state index in [9.17, 15) is 8.42 Å². The first kappa shape index (κ1) is 16.3. The highest BCUT2D eigenvalue weighted by molar-refractivity contribution is 9.10. The highest BCUT2D eigenvalue weighted by Crippen LogP contribution is 2.21. The first-order valence-electron chi connectivity index (χ1n) is 7.54. The van der Waals surface area contributed by atoms with E-state index in [1.54, 1.807) is 36.5 Å². The summed E-state index contributed by atoms with van der Waals surface area (Å²) in [4.78, 5) is 6.84. The molecule has 0 radical (unpaired) electrons. The predicted octanol–water partition coefficient (Wildman–Crippen LogP) is 3.64. The molecule has 1 aromatic carbocycles. The lowest BCUT2D eigenvalue weighted by Crippen LogP contribution is -2.30. The van der Waals surface area contributed by atoms with Gasteiger partial charge in [0.2, 0.25) is 0 Å². The molecule has 0 amide bonds. The Morgan fingerprint density at radius 1 is 1.00 bits per heavy atom. The Hall–Kier alpha value is -1.60. The van der Waals surface area contributed by atoms with Crippen molar-refractivity contribution in [3.8, 4) is 0 Å². The van der Waals surface area contributed by atoms with Crippen LogP contribution in [0.4, 0.5) is 11.5 Å². The number of nitrogens with one attached hydrogen (secondary N) is 1. The molecule has 0 atom stereocenters. The lowest BCUT2D eigenvalue weighted by molar-refractivity contribution is 0.573. The van der Waals surface area contributed by atoms with Gasteiger partial charge in [0, 0.05) is 17.6 Å². The van der Waals surface area contributed by atoms with Crippen LogP contribution >= 0.6 is 15.9 Å². The van der Waals surface area contributed by atoms with Crippen LogP contribution in [0.15, 0.2) is 52.0 Å². The summed E-state index contributed by atoms with van der Waals surface area (Å²) in [5.74, 6) is 0.899. The van der Waals surface area contributed by atoms with Gasteiger partial charge in [0.05, 0.1) is 16.8 Å². The highest BCUT2D eigenvalue weighted by Gasteiger charge is 2.15. The summed E-state index contributed by atoms with van der Waals surface area (Å²) in [5.41, 5.74) is 0.466. The molecule has 1 aromatic heterocycles. The third-order valence-corrected chi connectivity index (χ3v) is 5.73. The van der Waals surface area contributed by atoms with Gasteiger partial charge in [0.1, 0.15) is 5.82 Å². The molecule has 23 heavy (non-hydrogen) atoms. The number of hydrogen-bond donors (Lipinski definition) is 1. The fourth-order valence-corrected chi connectivity index (χ4v) is 3.89. The number of anilines is 2. The van der Waals surface area contributed by atoms with Crippen LogP contribution in [0.5, 0.6) is 0 Å². The average Bonchev–Trinajstić information content (AvgIpc) is 2.56. The number of halogens is 1. The second-order valence-corrected chi connectivity index (χ2v) is 8.11. The molecular formula is C16H18BrN3O2S. The van der Waals surface area contributed by atoms with Crippen molar-refractivity contribution >= 4 is 37.5 Å². The summed E-state index contributed by atoms with van der Waals surface area (Å²) < 4.78 is 28.1. The van der Waals surface area contributed by atoms with Crippen LogP contribution in [0.25, 0.3) is 0 Å². The van der Waals surface area contributed by atoms with E-state index in [0.717, 1.165) is 23.4 Å². The maximum Gasteiger partial charge on any atom is 0.261 e. The first-order valence-corrected chi connectivity index (χ1v) is 9.82. The molecule has 7 heteroatoms. The molecule has 3 rings (SSSR count). The van der Waals surface area contributed by atoms with Crippen LogP contribution < -0.4 is 9.62 Å². The second kappa shape index (κ2) is 6.88. The van der Waals surface area contributed by atoms with Gasteiger partial charge in [-0.05, 0) is 55.7 Å². The zero-order valence-electron chi connectivity index (χ0n) is 12.6. The van der Waals surface area contributed by atoms with E-state index in [1.807, 2.05) is 6.07 Å². The van der Waals surface area contributed by atoms with Crippen LogP contribution in [0.1, 0.15) is 19.3 Å². The summed E-state index contributed by atoms with van der Waals surface area (Å²) in [6.07, 6.45) is 5.20. The molecule has 0 bridgehead atoms. The maximum absolute atomic E-state index is 12.3. The van der Waals surface area contributed by atoms with Crippen molar-refractivity contribution in [3.63, 3.8) is 0 Å². The van der Waals surface area contributed by atoms with Crippen LogP contribution in [0.3, 0.4) is 0 Å². The predicted molar refractivity (Wildman–Crippen MR) is 95.3 cm³/mol. The minimum absolute atomic E-state index is 0.223. The van der Waals surface area contributed by atoms with Gasteiger partial charge in [0.25, 0.3) is 10.0 Å². The van der Waals surface area contributed by atoms with Crippen LogP contribution in [-0.2, 0) is 10.0 Å². The van der Waals surface area contributed by atoms with Crippen molar-refractivity contribution in [2.75, 3.05) is 22.7 Å². The van der Waals surface area contributed by atoms with E-state index in [4.69, 9.17) is 0 Å². The largest absolute Gasteiger partial charge is 0.357 e. The molecule has 1 aliphatic rings. The zero-order valence-corrected chi connectivity index (χ0v) is 15.0. The maximum atomic E-state index is 12.3. The number of hydrogen-bond acceptors (Lipinski definition) is 4. The summed E-state index contributed by atoms with van der Waals surface area (Å²) in [5, 5.41) is 0. The number of benzene rings is 1. The number of rotatable bonds is 4. The summed E-state index contributed by atoms with van der Waals surface area (Å²) >= 11 is 3.29. The minimum atomic E-state index is -3.59. The molecule has 2 heterocycles. The number of pyridine rings is 1. The normalized spacial score (nSPS) is 15.4. The zero-order chi connectivity index (χ0) is 16.3. The molecule has 0 aliphatic carbocycles. The quantitative estimate of drug-likeness (QED) is 0.857. The van der Waals surface area contributed by atoms with Crippen molar-refractivity contribution in [3.05, 3.63) is 47.1 Å². The van der Waals surface area contributed by atoms with Gasteiger partial charge in [-0.1, -0.05) is 15.9 Å². The Kier molecular flexibility index (Phi) is 4.87. The SMILES string of the molecule is O=S(=O)(Nc1ccc(N2CCCCC2)nc1)c1ccc(Br)cc1. The molecule has 5 nitrogen and oxygen atoms in total. The van der Waals surface area contributed by atoms with E-state index >= 15 is 0 Å². The van der Waals surface area contributed by atoms with Gasteiger partial charge >= 0.3 is 0 Å². The van der Waals surface area contributed by atoms with Crippen LogP contribution in [0.2, 0.25) is 0 Å². The van der Waals surface area contributed by atoms with E-state index < -0.39 is 10.0 Å². The van der Waals surface area contributed by atoms with Gasteiger partial charge in [-0.25, -0.2) is 13.4 Å². The number of nitrogens with zero attached hydrogens (tertiary/aromatic N) is 2. The monoisotopic (exact) mass is 395 g/mol. The third-order valence-electron chi connectivity index (χ3n) is 3.80. The standard InChI is InChI=1S/C16H18BrN3O2S/c17-13-4-7-15(8-5-13)23(21,22)19-14-6-9-16(18-12-14)20-10-2-1-3-11-20/h4-9,12,19H,1-3,10-11H2. The molecule has 1 aliphatic heterocycles. The highest BCUT2D eigenvalue weighted by atomic mass is 79.9. The molecule has 0 saturated carbocycles. The van der Waals surface area contributed by atoms with E-state index in [0.29, 0.717) is 5.69 Å². The van der Waals surface area contributed by atoms with Crippen LogP contribution in [-0.4, -0.2) is 26.5 Å². The lowest BCUT2D eigenvalue weighted by Gasteiger charge is -2.27. The summed E-state index contributed by atoms with van der Waals surface area (Å²) in [7, 11) is -3.59. The third kappa shape index (κ3) is 4.03. The van der Waals surface area contributed by atoms with Gasteiger partial charge in [-0.15, -0.1) is 0 Å². The molecule has 122 valence electrons. The number of aromatic nitrogens is 1. The summed E-state index contributed by atoms with van der Waals surface area (Å²) in [6, 6.07) is 10.1. The Labute approximate surface area is 144 Å². The van der Waals surface area contributed by atoms with Crippen molar-refractivity contribution < 1.29 is 8.42 Å². The van der Waals surface area contributed by atoms with Crippen molar-refractivity contribution in [1.29, 1.82) is 0 Å². The van der Waals surface area contributed by atoms with E-state index in [2.05, 4.69) is 30.5 Å². The molecule has 1 N–H and O–H groups in total. The van der Waals surface area contributed by atoms with E-state index in [-0.39, 0.29) is 4.90 Å². The fourth-order valence-electron chi connectivity index (χ4n) is 2.58. The van der Waals surface area contributed by atoms with Crippen LogP contribution in [0, 0.1) is 0 Å². The number of piperidine rings is 1. The first-order chi connectivity index (χ1) is 11.0. The Bertz CT molecular complexity index is 755. The Balaban J connectivity index is 1.73. The lowest BCUT2D eigenvalue weighted by atomic mass is 10.1. The van der Waals surface area contributed by atoms with Gasteiger partial charge in [-0.3, -0.25) is 4.72 Å². The Morgan fingerprint density at radius 2 is 1.70 bits per heavy atom. The van der Waals surface area contributed by atoms with Crippen molar-refractivity contribution in [1.82, 2.24) is 4.98 Å². The molecule has 1 fully saturated rings. The van der Waals surface area contributed by atoms with Crippen molar-refractivity contribution in [2.24, 2.45) is 0 Å².